The average molecular weight is 502 g/mol. The molecule has 0 unspecified atom stereocenters. The third-order valence-corrected chi connectivity index (χ3v) is 7.43. The maximum atomic E-state index is 12.2. The molecule has 0 atom stereocenters. The van der Waals surface area contributed by atoms with Crippen LogP contribution in [-0.4, -0.2) is 49.3 Å². The first kappa shape index (κ1) is 23.1. The molecule has 0 spiro atoms. The lowest BCUT2D eigenvalue weighted by molar-refractivity contribution is 0.460. The predicted octanol–water partition coefficient (Wildman–Crippen LogP) is 5.26. The SMILES string of the molecule is CS(C)(=O)=Nc1cccc(-n2c(C3CC3)cc3cnc(Nc4ccc(C5CCNCC5)cc4)nc32)n1. The van der Waals surface area contributed by atoms with Crippen molar-refractivity contribution in [1.29, 1.82) is 0 Å². The largest absolute Gasteiger partial charge is 0.324 e. The van der Waals surface area contributed by atoms with Crippen LogP contribution in [0, 0.1) is 0 Å². The molecule has 0 amide bonds. The molecule has 0 bridgehead atoms. The number of nitrogens with one attached hydrogen (secondary N) is 2. The van der Waals surface area contributed by atoms with Gasteiger partial charge < -0.3 is 10.6 Å². The third-order valence-electron chi connectivity index (χ3n) is 6.80. The van der Waals surface area contributed by atoms with Crippen molar-refractivity contribution in [3.8, 4) is 5.82 Å². The highest BCUT2D eigenvalue weighted by molar-refractivity contribution is 7.92. The van der Waals surface area contributed by atoms with E-state index in [1.54, 1.807) is 18.6 Å². The first-order valence-electron chi connectivity index (χ1n) is 12.5. The lowest BCUT2D eigenvalue weighted by Gasteiger charge is -2.23. The highest BCUT2D eigenvalue weighted by atomic mass is 32.2. The van der Waals surface area contributed by atoms with Gasteiger partial charge in [0.1, 0.15) is 5.82 Å². The van der Waals surface area contributed by atoms with Gasteiger partial charge in [-0.2, -0.15) is 9.35 Å². The summed E-state index contributed by atoms with van der Waals surface area (Å²) < 4.78 is 18.6. The molecule has 8 nitrogen and oxygen atoms in total. The van der Waals surface area contributed by atoms with Crippen molar-refractivity contribution < 1.29 is 4.21 Å². The average Bonchev–Trinajstić information content (AvgIpc) is 3.64. The molecule has 9 heteroatoms. The Morgan fingerprint density at radius 3 is 2.50 bits per heavy atom. The Kier molecular flexibility index (Phi) is 5.97. The van der Waals surface area contributed by atoms with Crippen LogP contribution in [-0.2, 0) is 9.73 Å². The van der Waals surface area contributed by atoms with Crippen LogP contribution in [0.5, 0.6) is 0 Å². The van der Waals surface area contributed by atoms with Crippen molar-refractivity contribution in [2.75, 3.05) is 30.9 Å². The molecular formula is C27H31N7OS. The number of benzene rings is 1. The fourth-order valence-electron chi connectivity index (χ4n) is 4.93. The number of pyridine rings is 1. The molecule has 1 saturated heterocycles. The normalized spacial score (nSPS) is 16.8. The van der Waals surface area contributed by atoms with Crippen molar-refractivity contribution in [3.63, 3.8) is 0 Å². The summed E-state index contributed by atoms with van der Waals surface area (Å²) in [6.45, 7) is 2.17. The Morgan fingerprint density at radius 2 is 1.78 bits per heavy atom. The maximum absolute atomic E-state index is 12.2. The molecule has 1 saturated carbocycles. The van der Waals surface area contributed by atoms with Crippen LogP contribution in [0.1, 0.15) is 48.8 Å². The fraction of sp³-hybridized carbons (Fsp3) is 0.370. The van der Waals surface area contributed by atoms with E-state index in [1.165, 1.54) is 24.1 Å². The van der Waals surface area contributed by atoms with Gasteiger partial charge in [-0.1, -0.05) is 18.2 Å². The van der Waals surface area contributed by atoms with Crippen LogP contribution < -0.4 is 10.6 Å². The lowest BCUT2D eigenvalue weighted by atomic mass is 9.90. The van der Waals surface area contributed by atoms with Gasteiger partial charge in [0.15, 0.2) is 11.5 Å². The van der Waals surface area contributed by atoms with Crippen LogP contribution in [0.15, 0.2) is 59.1 Å². The predicted molar refractivity (Wildman–Crippen MR) is 145 cm³/mol. The van der Waals surface area contributed by atoms with Crippen LogP contribution in [0.25, 0.3) is 16.9 Å². The third kappa shape index (κ3) is 4.99. The Morgan fingerprint density at radius 1 is 1.00 bits per heavy atom. The molecule has 6 rings (SSSR count). The van der Waals surface area contributed by atoms with Crippen LogP contribution in [0.4, 0.5) is 17.5 Å². The topological polar surface area (TPSA) is 97.1 Å². The van der Waals surface area contributed by atoms with Crippen molar-refractivity contribution in [2.45, 2.75) is 37.5 Å². The summed E-state index contributed by atoms with van der Waals surface area (Å²) in [4.78, 5) is 14.2. The van der Waals surface area contributed by atoms with Crippen LogP contribution >= 0.6 is 0 Å². The number of anilines is 2. The van der Waals surface area contributed by atoms with Crippen LogP contribution in [0.3, 0.4) is 0 Å². The first-order valence-corrected chi connectivity index (χ1v) is 14.9. The minimum atomic E-state index is -2.31. The molecule has 0 radical (unpaired) electrons. The molecule has 186 valence electrons. The minimum absolute atomic E-state index is 0.465. The van der Waals surface area contributed by atoms with Gasteiger partial charge in [-0.05, 0) is 86.5 Å². The summed E-state index contributed by atoms with van der Waals surface area (Å²) in [6, 6.07) is 16.4. The monoisotopic (exact) mass is 501 g/mol. The highest BCUT2D eigenvalue weighted by Crippen LogP contribution is 2.43. The zero-order valence-electron chi connectivity index (χ0n) is 20.6. The second kappa shape index (κ2) is 9.29. The van der Waals surface area contributed by atoms with Gasteiger partial charge in [0, 0.05) is 45.2 Å². The number of piperidine rings is 1. The van der Waals surface area contributed by atoms with Crippen molar-refractivity contribution >= 4 is 38.2 Å². The zero-order valence-corrected chi connectivity index (χ0v) is 21.5. The summed E-state index contributed by atoms with van der Waals surface area (Å²) >= 11 is 0. The van der Waals surface area contributed by atoms with Crippen molar-refractivity contribution in [1.82, 2.24) is 24.8 Å². The molecular weight excluding hydrogens is 470 g/mol. The Labute approximate surface area is 211 Å². The highest BCUT2D eigenvalue weighted by Gasteiger charge is 2.29. The summed E-state index contributed by atoms with van der Waals surface area (Å²) in [5.41, 5.74) is 4.34. The van der Waals surface area contributed by atoms with E-state index in [0.717, 1.165) is 48.5 Å². The number of nitrogens with zero attached hydrogens (tertiary/aromatic N) is 5. The van der Waals surface area contributed by atoms with Gasteiger partial charge >= 0.3 is 0 Å². The number of fused-ring (bicyclic) bond motifs is 1. The fourth-order valence-corrected chi connectivity index (χ4v) is 5.48. The number of rotatable bonds is 6. The van der Waals surface area contributed by atoms with E-state index in [2.05, 4.69) is 54.9 Å². The molecule has 3 aromatic heterocycles. The molecule has 2 fully saturated rings. The standard InChI is InChI=1S/C27H31N7OS/c1-36(2,35)33-24-4-3-5-25(31-24)34-23(20-6-7-20)16-21-17-29-27(32-26(21)34)30-22-10-8-18(9-11-22)19-12-14-28-15-13-19/h3-5,8-11,16-17,19-20,28H,6-7,12-15H2,1-2H3,(H,29,30,32). The molecule has 2 N–H and O–H groups in total. The van der Waals surface area contributed by atoms with Gasteiger partial charge in [-0.15, -0.1) is 0 Å². The number of hydrogen-bond donors (Lipinski definition) is 2. The van der Waals surface area contributed by atoms with E-state index in [1.807, 2.05) is 18.3 Å². The summed E-state index contributed by atoms with van der Waals surface area (Å²) in [7, 11) is -2.31. The molecule has 36 heavy (non-hydrogen) atoms. The Hall–Kier alpha value is -3.30. The van der Waals surface area contributed by atoms with Gasteiger partial charge in [-0.3, -0.25) is 4.57 Å². The smallest absolute Gasteiger partial charge is 0.229 e. The Bertz CT molecular complexity index is 1520. The summed E-state index contributed by atoms with van der Waals surface area (Å²) in [6.07, 6.45) is 9.78. The summed E-state index contributed by atoms with van der Waals surface area (Å²) in [5.74, 6) is 2.85. The molecule has 1 aliphatic heterocycles. The minimum Gasteiger partial charge on any atom is -0.324 e. The van der Waals surface area contributed by atoms with E-state index in [4.69, 9.17) is 9.97 Å². The van der Waals surface area contributed by atoms with Gasteiger partial charge in [0.05, 0.1) is 0 Å². The molecule has 1 aliphatic carbocycles. The number of hydrogen-bond acceptors (Lipinski definition) is 7. The second-order valence-corrected chi connectivity index (χ2v) is 12.6. The van der Waals surface area contributed by atoms with E-state index < -0.39 is 9.73 Å². The van der Waals surface area contributed by atoms with E-state index in [9.17, 15) is 4.21 Å². The van der Waals surface area contributed by atoms with Crippen LogP contribution in [0.2, 0.25) is 0 Å². The Balaban J connectivity index is 1.34. The van der Waals surface area contributed by atoms with Gasteiger partial charge in [0.2, 0.25) is 5.95 Å². The molecule has 2 aliphatic rings. The maximum Gasteiger partial charge on any atom is 0.229 e. The van der Waals surface area contributed by atoms with Gasteiger partial charge in [0.25, 0.3) is 0 Å². The molecule has 4 aromatic rings. The van der Waals surface area contributed by atoms with E-state index in [-0.39, 0.29) is 0 Å². The van der Waals surface area contributed by atoms with Gasteiger partial charge in [-0.25, -0.2) is 14.2 Å². The van der Waals surface area contributed by atoms with E-state index in [0.29, 0.717) is 23.6 Å². The van der Waals surface area contributed by atoms with Crippen molar-refractivity contribution in [3.05, 3.63) is 66.0 Å². The zero-order chi connectivity index (χ0) is 24.7. The summed E-state index contributed by atoms with van der Waals surface area (Å²) in [5, 5.41) is 7.78. The molecule has 4 heterocycles. The molecule has 1 aromatic carbocycles. The second-order valence-electron chi connectivity index (χ2n) is 10.0. The van der Waals surface area contributed by atoms with Crippen molar-refractivity contribution in [2.24, 2.45) is 4.36 Å². The quantitative estimate of drug-likeness (QED) is 0.374. The lowest BCUT2D eigenvalue weighted by Crippen LogP contribution is -2.26. The van der Waals surface area contributed by atoms with E-state index >= 15 is 0 Å². The number of aromatic nitrogens is 4. The first-order chi connectivity index (χ1) is 17.4.